The van der Waals surface area contributed by atoms with Crippen molar-refractivity contribution in [2.24, 2.45) is 0 Å². The van der Waals surface area contributed by atoms with Crippen LogP contribution in [0.1, 0.15) is 30.8 Å². The Kier molecular flexibility index (Phi) is 2.95. The molecular weight excluding hydrogens is 220 g/mol. The third-order valence-corrected chi connectivity index (χ3v) is 2.58. The fraction of sp³-hybridized carbons (Fsp3) is 0.364. The maximum Gasteiger partial charge on any atom is 0.356 e. The number of carboxylic acid groups (broad SMARTS) is 1. The van der Waals surface area contributed by atoms with Crippen molar-refractivity contribution in [2.75, 3.05) is 5.32 Å². The van der Waals surface area contributed by atoms with Gasteiger partial charge in [0, 0.05) is 18.3 Å². The van der Waals surface area contributed by atoms with Gasteiger partial charge in [0.2, 0.25) is 0 Å². The first kappa shape index (κ1) is 11.4. The number of aromatic nitrogens is 3. The lowest BCUT2D eigenvalue weighted by molar-refractivity contribution is 0.0690. The zero-order valence-electron chi connectivity index (χ0n) is 9.71. The van der Waals surface area contributed by atoms with E-state index in [4.69, 9.17) is 5.11 Å². The molecule has 2 rings (SSSR count). The lowest BCUT2D eigenvalue weighted by Gasteiger charge is -2.13. The Hall–Kier alpha value is -2.11. The molecule has 0 aliphatic carbocycles. The van der Waals surface area contributed by atoms with Gasteiger partial charge in [-0.05, 0) is 19.4 Å². The topological polar surface area (TPSA) is 79.5 Å². The van der Waals surface area contributed by atoms with Crippen molar-refractivity contribution in [1.29, 1.82) is 0 Å². The fourth-order valence-electron chi connectivity index (χ4n) is 1.46. The highest BCUT2D eigenvalue weighted by Gasteiger charge is 2.12. The van der Waals surface area contributed by atoms with Crippen LogP contribution < -0.4 is 5.32 Å². The number of nitrogens with one attached hydrogen (secondary N) is 1. The molecule has 0 spiro atoms. The third kappa shape index (κ3) is 2.20. The molecule has 90 valence electrons. The number of nitrogens with zero attached hydrogens (tertiary/aromatic N) is 3. The van der Waals surface area contributed by atoms with Crippen molar-refractivity contribution in [2.45, 2.75) is 26.3 Å². The summed E-state index contributed by atoms with van der Waals surface area (Å²) >= 11 is 0. The van der Waals surface area contributed by atoms with E-state index in [1.54, 1.807) is 12.3 Å². The van der Waals surface area contributed by atoms with Crippen molar-refractivity contribution in [3.8, 4) is 0 Å². The summed E-state index contributed by atoms with van der Waals surface area (Å²) < 4.78 is 1.51. The molecule has 6 heteroatoms. The van der Waals surface area contributed by atoms with E-state index in [-0.39, 0.29) is 11.7 Å². The van der Waals surface area contributed by atoms with Crippen molar-refractivity contribution >= 4 is 17.4 Å². The summed E-state index contributed by atoms with van der Waals surface area (Å²) in [6.45, 7) is 4.12. The quantitative estimate of drug-likeness (QED) is 0.840. The van der Waals surface area contributed by atoms with Crippen molar-refractivity contribution in [3.05, 3.63) is 24.0 Å². The molecule has 2 heterocycles. The lowest BCUT2D eigenvalue weighted by Crippen LogP contribution is -2.16. The number of hydrogen-bond donors (Lipinski definition) is 2. The molecule has 0 aliphatic heterocycles. The molecule has 0 bridgehead atoms. The second kappa shape index (κ2) is 4.40. The molecule has 17 heavy (non-hydrogen) atoms. The molecule has 0 aromatic carbocycles. The Bertz CT molecular complexity index is 549. The van der Waals surface area contributed by atoms with E-state index >= 15 is 0 Å². The Morgan fingerprint density at radius 2 is 2.41 bits per heavy atom. The predicted molar refractivity (Wildman–Crippen MR) is 63.3 cm³/mol. The molecule has 0 amide bonds. The normalized spacial score (nSPS) is 12.6. The highest BCUT2D eigenvalue weighted by molar-refractivity contribution is 5.86. The summed E-state index contributed by atoms with van der Waals surface area (Å²) in [5.74, 6) is -0.304. The van der Waals surface area contributed by atoms with E-state index < -0.39 is 5.97 Å². The monoisotopic (exact) mass is 234 g/mol. The Morgan fingerprint density at radius 1 is 1.65 bits per heavy atom. The molecular formula is C11H14N4O2. The van der Waals surface area contributed by atoms with Crippen LogP contribution in [0.4, 0.5) is 5.82 Å². The minimum absolute atomic E-state index is 0.00379. The van der Waals surface area contributed by atoms with Crippen LogP contribution >= 0.6 is 0 Å². The van der Waals surface area contributed by atoms with Crippen LogP contribution in [0.2, 0.25) is 0 Å². The zero-order chi connectivity index (χ0) is 12.4. The van der Waals surface area contributed by atoms with Gasteiger partial charge in [0.05, 0.1) is 0 Å². The molecule has 0 radical (unpaired) electrons. The van der Waals surface area contributed by atoms with E-state index in [9.17, 15) is 4.79 Å². The molecule has 6 nitrogen and oxygen atoms in total. The Morgan fingerprint density at radius 3 is 3.06 bits per heavy atom. The van der Waals surface area contributed by atoms with Crippen LogP contribution in [0.15, 0.2) is 18.3 Å². The average Bonchev–Trinajstić information content (AvgIpc) is 2.74. The van der Waals surface area contributed by atoms with Crippen molar-refractivity contribution in [3.63, 3.8) is 0 Å². The first-order valence-corrected chi connectivity index (χ1v) is 5.46. The summed E-state index contributed by atoms with van der Waals surface area (Å²) in [4.78, 5) is 14.9. The minimum Gasteiger partial charge on any atom is -0.476 e. The zero-order valence-corrected chi connectivity index (χ0v) is 9.71. The number of aromatic carboxylic acids is 1. The standard InChI is InChI=1S/C11H14N4O2/c1-3-7(2)13-9-4-5-12-10-6-8(11(16)17)14-15(9)10/h4-7,13H,3H2,1-2H3,(H,16,17). The molecule has 0 fully saturated rings. The van der Waals surface area contributed by atoms with Gasteiger partial charge in [0.25, 0.3) is 0 Å². The summed E-state index contributed by atoms with van der Waals surface area (Å²) in [5, 5.41) is 16.1. The maximum atomic E-state index is 10.8. The molecule has 0 aliphatic rings. The van der Waals surface area contributed by atoms with Crippen LogP contribution in [0, 0.1) is 0 Å². The number of hydrogen-bond acceptors (Lipinski definition) is 4. The SMILES string of the molecule is CCC(C)Nc1ccnc2cc(C(=O)O)nn12. The summed E-state index contributed by atoms with van der Waals surface area (Å²) in [7, 11) is 0. The molecule has 1 atom stereocenters. The summed E-state index contributed by atoms with van der Waals surface area (Å²) in [6, 6.07) is 3.51. The second-order valence-electron chi connectivity index (χ2n) is 3.89. The van der Waals surface area contributed by atoms with Crippen molar-refractivity contribution < 1.29 is 9.90 Å². The predicted octanol–water partition coefficient (Wildman–Crippen LogP) is 1.64. The van der Waals surface area contributed by atoms with Gasteiger partial charge in [0.1, 0.15) is 5.82 Å². The molecule has 2 aromatic rings. The average molecular weight is 234 g/mol. The van der Waals surface area contributed by atoms with Gasteiger partial charge in [-0.2, -0.15) is 9.61 Å². The van der Waals surface area contributed by atoms with Gasteiger partial charge in [-0.3, -0.25) is 0 Å². The molecule has 2 N–H and O–H groups in total. The molecule has 0 saturated heterocycles. The number of carbonyl (C=O) groups is 1. The highest BCUT2D eigenvalue weighted by atomic mass is 16.4. The van der Waals surface area contributed by atoms with Gasteiger partial charge in [-0.25, -0.2) is 9.78 Å². The van der Waals surface area contributed by atoms with E-state index in [1.807, 2.05) is 6.92 Å². The summed E-state index contributed by atoms with van der Waals surface area (Å²) in [5.41, 5.74) is 0.520. The Labute approximate surface area is 98.3 Å². The summed E-state index contributed by atoms with van der Waals surface area (Å²) in [6.07, 6.45) is 2.60. The lowest BCUT2D eigenvalue weighted by atomic mass is 10.2. The second-order valence-corrected chi connectivity index (χ2v) is 3.89. The number of anilines is 1. The smallest absolute Gasteiger partial charge is 0.356 e. The number of carboxylic acids is 1. The van der Waals surface area contributed by atoms with Gasteiger partial charge in [-0.15, -0.1) is 0 Å². The first-order valence-electron chi connectivity index (χ1n) is 5.46. The van der Waals surface area contributed by atoms with E-state index in [0.29, 0.717) is 5.65 Å². The van der Waals surface area contributed by atoms with Gasteiger partial charge in [-0.1, -0.05) is 6.92 Å². The van der Waals surface area contributed by atoms with Crippen LogP contribution in [-0.2, 0) is 0 Å². The van der Waals surface area contributed by atoms with Crippen molar-refractivity contribution in [1.82, 2.24) is 14.6 Å². The fourth-order valence-corrected chi connectivity index (χ4v) is 1.46. The molecule has 1 unspecified atom stereocenters. The highest BCUT2D eigenvalue weighted by Crippen LogP contribution is 2.13. The number of rotatable bonds is 4. The van der Waals surface area contributed by atoms with Crippen LogP contribution in [0.3, 0.4) is 0 Å². The molecule has 2 aromatic heterocycles. The first-order chi connectivity index (χ1) is 8.11. The maximum absolute atomic E-state index is 10.8. The van der Waals surface area contributed by atoms with Crippen LogP contribution in [-0.4, -0.2) is 31.7 Å². The van der Waals surface area contributed by atoms with E-state index in [2.05, 4.69) is 22.3 Å². The van der Waals surface area contributed by atoms with Crippen LogP contribution in [0.5, 0.6) is 0 Å². The number of fused-ring (bicyclic) bond motifs is 1. The molecule has 0 saturated carbocycles. The Balaban J connectivity index is 2.45. The van der Waals surface area contributed by atoms with Crippen LogP contribution in [0.25, 0.3) is 5.65 Å². The van der Waals surface area contributed by atoms with E-state index in [1.165, 1.54) is 10.6 Å². The third-order valence-electron chi connectivity index (χ3n) is 2.58. The minimum atomic E-state index is -1.05. The largest absolute Gasteiger partial charge is 0.476 e. The van der Waals surface area contributed by atoms with E-state index in [0.717, 1.165) is 12.2 Å². The van der Waals surface area contributed by atoms with Gasteiger partial charge < -0.3 is 10.4 Å². The van der Waals surface area contributed by atoms with Gasteiger partial charge >= 0.3 is 5.97 Å². The van der Waals surface area contributed by atoms with Gasteiger partial charge in [0.15, 0.2) is 11.3 Å².